The van der Waals surface area contributed by atoms with Gasteiger partial charge in [0.2, 0.25) is 0 Å². The highest BCUT2D eigenvalue weighted by atomic mass is 19.1. The van der Waals surface area contributed by atoms with Crippen LogP contribution in [0.5, 0.6) is 0 Å². The van der Waals surface area contributed by atoms with Gasteiger partial charge in [-0.2, -0.15) is 0 Å². The van der Waals surface area contributed by atoms with Gasteiger partial charge < -0.3 is 5.73 Å². The Morgan fingerprint density at radius 3 is 2.88 bits per heavy atom. The first-order chi connectivity index (χ1) is 8.29. The molecule has 0 saturated carbocycles. The number of nitrogens with two attached hydrogens (primary N) is 1. The predicted octanol–water partition coefficient (Wildman–Crippen LogP) is 3.50. The third kappa shape index (κ3) is 3.13. The summed E-state index contributed by atoms with van der Waals surface area (Å²) in [6.07, 6.45) is 12.0. The Bertz CT molecular complexity index is 401. The number of aromatic nitrogens is 1. The molecule has 0 amide bonds. The molecule has 0 aromatic carbocycles. The summed E-state index contributed by atoms with van der Waals surface area (Å²) in [6.45, 7) is 0. The van der Waals surface area contributed by atoms with Crippen molar-refractivity contribution >= 4 is 0 Å². The fraction of sp³-hybridized carbons (Fsp3) is 0.500. The van der Waals surface area contributed by atoms with Crippen molar-refractivity contribution in [3.8, 4) is 0 Å². The van der Waals surface area contributed by atoms with Crippen LogP contribution < -0.4 is 5.73 Å². The van der Waals surface area contributed by atoms with Gasteiger partial charge in [-0.1, -0.05) is 24.5 Å². The topological polar surface area (TPSA) is 38.9 Å². The van der Waals surface area contributed by atoms with Crippen LogP contribution in [0.3, 0.4) is 0 Å². The predicted molar refractivity (Wildman–Crippen MR) is 66.9 cm³/mol. The van der Waals surface area contributed by atoms with Crippen molar-refractivity contribution in [1.29, 1.82) is 0 Å². The first kappa shape index (κ1) is 12.2. The third-order valence-corrected chi connectivity index (χ3v) is 3.36. The molecule has 0 radical (unpaired) electrons. The minimum Gasteiger partial charge on any atom is -0.320 e. The van der Waals surface area contributed by atoms with Crippen molar-refractivity contribution in [1.82, 2.24) is 4.98 Å². The summed E-state index contributed by atoms with van der Waals surface area (Å²) >= 11 is 0. The third-order valence-electron chi connectivity index (χ3n) is 3.36. The van der Waals surface area contributed by atoms with E-state index in [4.69, 9.17) is 5.73 Å². The lowest BCUT2D eigenvalue weighted by Crippen LogP contribution is -2.15. The molecule has 3 heteroatoms. The zero-order valence-electron chi connectivity index (χ0n) is 10.0. The van der Waals surface area contributed by atoms with Crippen molar-refractivity contribution in [2.45, 2.75) is 44.6 Å². The van der Waals surface area contributed by atoms with Crippen molar-refractivity contribution in [2.24, 2.45) is 5.73 Å². The summed E-state index contributed by atoms with van der Waals surface area (Å²) in [5.41, 5.74) is 7.89. The molecule has 0 spiro atoms. The smallest absolute Gasteiger partial charge is 0.146 e. The van der Waals surface area contributed by atoms with Crippen LogP contribution in [0, 0.1) is 5.82 Å². The minimum absolute atomic E-state index is 0.303. The highest BCUT2D eigenvalue weighted by Crippen LogP contribution is 2.27. The van der Waals surface area contributed by atoms with Gasteiger partial charge in [-0.05, 0) is 31.7 Å². The summed E-state index contributed by atoms with van der Waals surface area (Å²) in [5.74, 6) is -0.303. The Morgan fingerprint density at radius 2 is 2.06 bits per heavy atom. The highest BCUT2D eigenvalue weighted by molar-refractivity contribution is 5.27. The Hall–Kier alpha value is -1.22. The standard InChI is InChI=1S/C14H19FN2/c15-13-10-17-9-8-12(13)14(16)11-6-4-2-1-3-5-7-11/h6,8-10,14H,1-5,7,16H2/b11-6+. The number of nitrogens with zero attached hydrogens (tertiary/aromatic N) is 1. The van der Waals surface area contributed by atoms with E-state index in [1.54, 1.807) is 12.3 Å². The van der Waals surface area contributed by atoms with E-state index >= 15 is 0 Å². The molecule has 1 aromatic heterocycles. The van der Waals surface area contributed by atoms with Gasteiger partial charge in [-0.25, -0.2) is 4.39 Å². The Balaban J connectivity index is 2.18. The zero-order valence-corrected chi connectivity index (χ0v) is 10.0. The van der Waals surface area contributed by atoms with Crippen molar-refractivity contribution < 1.29 is 4.39 Å². The Labute approximate surface area is 102 Å². The average Bonchev–Trinajstić information content (AvgIpc) is 2.28. The molecule has 0 bridgehead atoms. The molecule has 17 heavy (non-hydrogen) atoms. The second-order valence-electron chi connectivity index (χ2n) is 4.61. The average molecular weight is 234 g/mol. The minimum atomic E-state index is -0.309. The van der Waals surface area contributed by atoms with Gasteiger partial charge in [0.1, 0.15) is 5.82 Å². The fourth-order valence-electron chi connectivity index (χ4n) is 2.34. The molecule has 0 aliphatic heterocycles. The molecule has 1 aliphatic carbocycles. The van der Waals surface area contributed by atoms with Crippen LogP contribution in [0.2, 0.25) is 0 Å². The van der Waals surface area contributed by atoms with E-state index in [9.17, 15) is 4.39 Å². The van der Waals surface area contributed by atoms with E-state index in [1.807, 2.05) is 0 Å². The second-order valence-corrected chi connectivity index (χ2v) is 4.61. The van der Waals surface area contributed by atoms with Gasteiger partial charge in [0.15, 0.2) is 0 Å². The number of pyridine rings is 1. The monoisotopic (exact) mass is 234 g/mol. The van der Waals surface area contributed by atoms with E-state index < -0.39 is 0 Å². The van der Waals surface area contributed by atoms with E-state index in [2.05, 4.69) is 11.1 Å². The van der Waals surface area contributed by atoms with E-state index in [1.165, 1.54) is 31.0 Å². The Kier molecular flexibility index (Phi) is 4.26. The molecule has 0 saturated heterocycles. The quantitative estimate of drug-likeness (QED) is 0.795. The molecular formula is C14H19FN2. The van der Waals surface area contributed by atoms with E-state index in [0.29, 0.717) is 5.56 Å². The molecule has 1 atom stereocenters. The lowest BCUT2D eigenvalue weighted by molar-refractivity contribution is 0.570. The first-order valence-electron chi connectivity index (χ1n) is 6.33. The maximum absolute atomic E-state index is 13.6. The lowest BCUT2D eigenvalue weighted by Gasteiger charge is -2.19. The fourth-order valence-corrected chi connectivity index (χ4v) is 2.34. The molecule has 2 nitrogen and oxygen atoms in total. The number of hydrogen-bond donors (Lipinski definition) is 1. The Morgan fingerprint density at radius 1 is 1.24 bits per heavy atom. The van der Waals surface area contributed by atoms with Crippen LogP contribution in [0.25, 0.3) is 0 Å². The number of rotatable bonds is 2. The molecule has 2 rings (SSSR count). The summed E-state index contributed by atoms with van der Waals surface area (Å²) in [4.78, 5) is 3.76. The van der Waals surface area contributed by atoms with Gasteiger partial charge in [-0.3, -0.25) is 4.98 Å². The molecule has 1 aliphatic rings. The summed E-state index contributed by atoms with van der Waals surface area (Å²) in [7, 11) is 0. The molecular weight excluding hydrogens is 215 g/mol. The van der Waals surface area contributed by atoms with Crippen molar-refractivity contribution in [2.75, 3.05) is 0 Å². The van der Waals surface area contributed by atoms with Gasteiger partial charge in [0, 0.05) is 11.8 Å². The molecule has 1 aromatic rings. The van der Waals surface area contributed by atoms with Gasteiger partial charge >= 0.3 is 0 Å². The maximum atomic E-state index is 13.6. The van der Waals surface area contributed by atoms with E-state index in [0.717, 1.165) is 19.3 Å². The van der Waals surface area contributed by atoms with Gasteiger partial charge in [-0.15, -0.1) is 0 Å². The van der Waals surface area contributed by atoms with Gasteiger partial charge in [0.25, 0.3) is 0 Å². The van der Waals surface area contributed by atoms with Gasteiger partial charge in [0.05, 0.1) is 12.2 Å². The van der Waals surface area contributed by atoms with Crippen LogP contribution in [0.1, 0.15) is 50.1 Å². The molecule has 1 unspecified atom stereocenters. The van der Waals surface area contributed by atoms with Crippen LogP contribution in [-0.4, -0.2) is 4.98 Å². The molecule has 1 heterocycles. The number of allylic oxidation sites excluding steroid dienone is 1. The van der Waals surface area contributed by atoms with Crippen molar-refractivity contribution in [3.05, 3.63) is 41.5 Å². The molecule has 2 N–H and O–H groups in total. The molecule has 0 fully saturated rings. The van der Waals surface area contributed by atoms with E-state index in [-0.39, 0.29) is 11.9 Å². The van der Waals surface area contributed by atoms with Crippen LogP contribution in [0.15, 0.2) is 30.1 Å². The van der Waals surface area contributed by atoms with Crippen LogP contribution in [0.4, 0.5) is 4.39 Å². The highest BCUT2D eigenvalue weighted by Gasteiger charge is 2.16. The number of hydrogen-bond acceptors (Lipinski definition) is 2. The normalized spacial score (nSPS) is 22.1. The second kappa shape index (κ2) is 5.92. The van der Waals surface area contributed by atoms with Crippen molar-refractivity contribution in [3.63, 3.8) is 0 Å². The zero-order chi connectivity index (χ0) is 12.1. The van der Waals surface area contributed by atoms with Crippen LogP contribution >= 0.6 is 0 Å². The summed E-state index contributed by atoms with van der Waals surface area (Å²) in [6, 6.07) is 1.37. The summed E-state index contributed by atoms with van der Waals surface area (Å²) < 4.78 is 13.6. The maximum Gasteiger partial charge on any atom is 0.146 e. The SMILES string of the molecule is NC(/C1=C/CCCCCC1)c1ccncc1F. The first-order valence-corrected chi connectivity index (χ1v) is 6.33. The lowest BCUT2D eigenvalue weighted by atomic mass is 9.92. The number of halogens is 1. The summed E-state index contributed by atoms with van der Waals surface area (Å²) in [5, 5.41) is 0. The van der Waals surface area contributed by atoms with Crippen LogP contribution in [-0.2, 0) is 0 Å². The molecule has 92 valence electrons. The largest absolute Gasteiger partial charge is 0.320 e.